The second kappa shape index (κ2) is 53.7. The van der Waals surface area contributed by atoms with Gasteiger partial charge in [0.25, 0.3) is 0 Å². The summed E-state index contributed by atoms with van der Waals surface area (Å²) in [6.07, 6.45) is 72.4. The highest BCUT2D eigenvalue weighted by Gasteiger charge is 2.19. The van der Waals surface area contributed by atoms with Crippen LogP contribution in [-0.4, -0.2) is 37.2 Å². The molecule has 0 fully saturated rings. The van der Waals surface area contributed by atoms with Crippen molar-refractivity contribution in [2.45, 2.75) is 239 Å². The molecule has 0 spiro atoms. The van der Waals surface area contributed by atoms with Gasteiger partial charge in [0, 0.05) is 12.8 Å². The molecular formula is C60H98O6. The molecule has 6 heteroatoms. The number of ether oxygens (including phenoxy) is 3. The Morgan fingerprint density at radius 1 is 0.333 bits per heavy atom. The normalized spacial score (nSPS) is 13.0. The summed E-state index contributed by atoms with van der Waals surface area (Å²) >= 11 is 0. The Balaban J connectivity index is 4.54. The summed E-state index contributed by atoms with van der Waals surface area (Å²) in [5.74, 6) is -1.08. The van der Waals surface area contributed by atoms with Crippen LogP contribution < -0.4 is 0 Å². The average molecular weight is 915 g/mol. The van der Waals surface area contributed by atoms with E-state index in [9.17, 15) is 14.4 Å². The molecule has 1 unspecified atom stereocenters. The molecule has 0 aromatic heterocycles. The van der Waals surface area contributed by atoms with Gasteiger partial charge in [-0.15, -0.1) is 0 Å². The SMILES string of the molecule is CC/C=C\C/C=C\C/C=C\C/C=C\C/C=C\CC(=O)OCC(COC(=O)CCCCCC/C=C\C/C=C\C/C=C\C/C=C\CC)OC(=O)CCCCCCCCCCCCCCCCCC. The van der Waals surface area contributed by atoms with Crippen LogP contribution in [-0.2, 0) is 28.6 Å². The van der Waals surface area contributed by atoms with E-state index in [0.717, 1.165) is 109 Å². The molecule has 0 rings (SSSR count). The van der Waals surface area contributed by atoms with Crippen LogP contribution in [0, 0.1) is 0 Å². The van der Waals surface area contributed by atoms with Gasteiger partial charge >= 0.3 is 17.9 Å². The van der Waals surface area contributed by atoms with Gasteiger partial charge in [0.1, 0.15) is 13.2 Å². The van der Waals surface area contributed by atoms with Gasteiger partial charge in [0.15, 0.2) is 6.10 Å². The number of hydrogen-bond acceptors (Lipinski definition) is 6. The predicted molar refractivity (Wildman–Crippen MR) is 283 cm³/mol. The van der Waals surface area contributed by atoms with E-state index in [2.05, 4.69) is 118 Å². The molecule has 0 saturated carbocycles. The lowest BCUT2D eigenvalue weighted by Gasteiger charge is -2.18. The molecular weight excluding hydrogens is 817 g/mol. The van der Waals surface area contributed by atoms with Gasteiger partial charge in [-0.3, -0.25) is 14.4 Å². The summed E-state index contributed by atoms with van der Waals surface area (Å²) in [5.41, 5.74) is 0. The highest BCUT2D eigenvalue weighted by atomic mass is 16.6. The summed E-state index contributed by atoms with van der Waals surface area (Å²) in [4.78, 5) is 38.0. The lowest BCUT2D eigenvalue weighted by atomic mass is 10.0. The Morgan fingerprint density at radius 2 is 0.652 bits per heavy atom. The third-order valence-corrected chi connectivity index (χ3v) is 11.1. The van der Waals surface area contributed by atoms with E-state index in [0.29, 0.717) is 12.8 Å². The van der Waals surface area contributed by atoms with Gasteiger partial charge in [-0.05, 0) is 83.5 Å². The highest BCUT2D eigenvalue weighted by molar-refractivity contribution is 5.72. The van der Waals surface area contributed by atoms with Gasteiger partial charge in [-0.25, -0.2) is 0 Å². The minimum Gasteiger partial charge on any atom is -0.462 e. The van der Waals surface area contributed by atoms with Gasteiger partial charge in [0.05, 0.1) is 6.42 Å². The smallest absolute Gasteiger partial charge is 0.309 e. The molecule has 0 amide bonds. The number of hydrogen-bond donors (Lipinski definition) is 0. The van der Waals surface area contributed by atoms with Crippen LogP contribution in [0.3, 0.4) is 0 Å². The summed E-state index contributed by atoms with van der Waals surface area (Å²) < 4.78 is 16.7. The first-order chi connectivity index (χ1) is 32.5. The van der Waals surface area contributed by atoms with Gasteiger partial charge < -0.3 is 14.2 Å². The molecule has 66 heavy (non-hydrogen) atoms. The number of carbonyl (C=O) groups is 3. The monoisotopic (exact) mass is 915 g/mol. The van der Waals surface area contributed by atoms with Crippen molar-refractivity contribution >= 4 is 17.9 Å². The van der Waals surface area contributed by atoms with Crippen molar-refractivity contribution < 1.29 is 28.6 Å². The zero-order valence-electron chi connectivity index (χ0n) is 42.7. The van der Waals surface area contributed by atoms with Gasteiger partial charge in [-0.2, -0.15) is 0 Å². The largest absolute Gasteiger partial charge is 0.462 e. The number of esters is 3. The fourth-order valence-electron chi connectivity index (χ4n) is 7.09. The lowest BCUT2D eigenvalue weighted by Crippen LogP contribution is -2.30. The van der Waals surface area contributed by atoms with Crippen LogP contribution in [0.5, 0.6) is 0 Å². The lowest BCUT2D eigenvalue weighted by molar-refractivity contribution is -0.166. The minimum absolute atomic E-state index is 0.120. The second-order valence-electron chi connectivity index (χ2n) is 17.4. The third-order valence-electron chi connectivity index (χ3n) is 11.1. The Morgan fingerprint density at radius 3 is 1.06 bits per heavy atom. The van der Waals surface area contributed by atoms with Crippen LogP contribution in [0.15, 0.2) is 109 Å². The molecule has 0 saturated heterocycles. The van der Waals surface area contributed by atoms with E-state index in [1.54, 1.807) is 6.08 Å². The molecule has 0 heterocycles. The molecule has 0 aromatic rings. The van der Waals surface area contributed by atoms with Crippen molar-refractivity contribution in [3.63, 3.8) is 0 Å². The average Bonchev–Trinajstić information content (AvgIpc) is 3.31. The molecule has 0 aliphatic rings. The molecule has 0 aliphatic carbocycles. The Hall–Kier alpha value is -3.93. The maximum Gasteiger partial charge on any atom is 0.309 e. The zero-order chi connectivity index (χ0) is 47.9. The molecule has 0 bridgehead atoms. The van der Waals surface area contributed by atoms with Crippen LogP contribution >= 0.6 is 0 Å². The number of allylic oxidation sites excluding steroid dienone is 17. The Kier molecular flexibility index (Phi) is 50.5. The quantitative estimate of drug-likeness (QED) is 0.0262. The third kappa shape index (κ3) is 51.1. The van der Waals surface area contributed by atoms with E-state index >= 15 is 0 Å². The van der Waals surface area contributed by atoms with Gasteiger partial charge in [0.2, 0.25) is 0 Å². The minimum atomic E-state index is -0.828. The van der Waals surface area contributed by atoms with Crippen molar-refractivity contribution in [2.24, 2.45) is 0 Å². The first-order valence-electron chi connectivity index (χ1n) is 26.9. The summed E-state index contributed by atoms with van der Waals surface area (Å²) in [6.45, 7) is 6.30. The van der Waals surface area contributed by atoms with Crippen LogP contribution in [0.1, 0.15) is 233 Å². The summed E-state index contributed by atoms with van der Waals surface area (Å²) in [7, 11) is 0. The van der Waals surface area contributed by atoms with E-state index in [1.807, 2.05) is 6.08 Å². The standard InChI is InChI=1S/C60H98O6/c1-4-7-10-13-16-19-22-25-28-30-33-35-38-41-44-47-50-53-59(62)65-56-57(55-64-58(61)52-49-46-43-40-37-34-31-27-24-21-18-15-12-9-6-3)66-60(63)54-51-48-45-42-39-36-32-29-26-23-20-17-14-11-8-5-2/h7,9-10,12,16,18-19,21,25,27-28,31,33,35,37,40,46,49,57H,4-6,8,11,13-15,17,20,22-24,26,29-30,32,34,36,38-39,41-45,47-48,50-56H2,1-3H3/b10-7-,12-9-,19-16-,21-18-,28-25-,31-27-,35-33-,40-37-,49-46-. The molecule has 0 N–H and O–H groups in total. The van der Waals surface area contributed by atoms with E-state index < -0.39 is 12.1 Å². The van der Waals surface area contributed by atoms with E-state index in [-0.39, 0.29) is 31.6 Å². The number of unbranched alkanes of at least 4 members (excludes halogenated alkanes) is 19. The fraction of sp³-hybridized carbons (Fsp3) is 0.650. The summed E-state index contributed by atoms with van der Waals surface area (Å²) in [6, 6.07) is 0. The maximum absolute atomic E-state index is 12.8. The molecule has 0 radical (unpaired) electrons. The number of carbonyl (C=O) groups excluding carboxylic acids is 3. The summed E-state index contributed by atoms with van der Waals surface area (Å²) in [5, 5.41) is 0. The van der Waals surface area contributed by atoms with Crippen LogP contribution in [0.2, 0.25) is 0 Å². The van der Waals surface area contributed by atoms with Crippen LogP contribution in [0.4, 0.5) is 0 Å². The fourth-order valence-corrected chi connectivity index (χ4v) is 7.09. The van der Waals surface area contributed by atoms with Crippen molar-refractivity contribution in [1.82, 2.24) is 0 Å². The van der Waals surface area contributed by atoms with E-state index in [4.69, 9.17) is 14.2 Å². The molecule has 1 atom stereocenters. The topological polar surface area (TPSA) is 78.9 Å². The predicted octanol–water partition coefficient (Wildman–Crippen LogP) is 17.9. The molecule has 374 valence electrons. The number of rotatable bonds is 47. The van der Waals surface area contributed by atoms with E-state index in [1.165, 1.54) is 83.5 Å². The van der Waals surface area contributed by atoms with Crippen molar-refractivity contribution in [2.75, 3.05) is 13.2 Å². The van der Waals surface area contributed by atoms with Crippen molar-refractivity contribution in [3.8, 4) is 0 Å². The molecule has 6 nitrogen and oxygen atoms in total. The zero-order valence-corrected chi connectivity index (χ0v) is 42.7. The molecule has 0 aliphatic heterocycles. The first kappa shape index (κ1) is 62.1. The van der Waals surface area contributed by atoms with Gasteiger partial charge in [-0.1, -0.05) is 239 Å². The van der Waals surface area contributed by atoms with Crippen molar-refractivity contribution in [1.29, 1.82) is 0 Å². The first-order valence-corrected chi connectivity index (χ1v) is 26.9. The van der Waals surface area contributed by atoms with Crippen molar-refractivity contribution in [3.05, 3.63) is 109 Å². The second-order valence-corrected chi connectivity index (χ2v) is 17.4. The Bertz CT molecular complexity index is 1370. The Labute approximate surface area is 406 Å². The highest BCUT2D eigenvalue weighted by Crippen LogP contribution is 2.15. The maximum atomic E-state index is 12.8. The molecule has 0 aromatic carbocycles. The van der Waals surface area contributed by atoms with Crippen LogP contribution in [0.25, 0.3) is 0 Å².